The van der Waals surface area contributed by atoms with E-state index in [1.807, 2.05) is 0 Å². The number of unbranched alkanes of at least 4 members (excludes halogenated alkanes) is 1. The Morgan fingerprint density at radius 1 is 1.15 bits per heavy atom. The van der Waals surface area contributed by atoms with E-state index < -0.39 is 0 Å². The van der Waals surface area contributed by atoms with E-state index in [0.29, 0.717) is 6.42 Å². The molecule has 76 valence electrons. The van der Waals surface area contributed by atoms with Crippen molar-refractivity contribution in [3.8, 4) is 0 Å². The van der Waals surface area contributed by atoms with Gasteiger partial charge in [0, 0.05) is 32.6 Å². The van der Waals surface area contributed by atoms with Crippen molar-refractivity contribution >= 4 is 6.29 Å². The van der Waals surface area contributed by atoms with Crippen LogP contribution in [0.2, 0.25) is 0 Å². The molecule has 0 radical (unpaired) electrons. The van der Waals surface area contributed by atoms with Crippen LogP contribution in [0.15, 0.2) is 0 Å². The molecule has 3 heteroatoms. The van der Waals surface area contributed by atoms with Crippen LogP contribution in [-0.2, 0) is 4.79 Å². The molecule has 0 aromatic carbocycles. The summed E-state index contributed by atoms with van der Waals surface area (Å²) in [7, 11) is 0. The van der Waals surface area contributed by atoms with Crippen LogP contribution in [0.5, 0.6) is 0 Å². The zero-order valence-corrected chi connectivity index (χ0v) is 8.54. The summed E-state index contributed by atoms with van der Waals surface area (Å²) in [6.07, 6.45) is 2.76. The molecule has 1 saturated heterocycles. The number of nitrogens with zero attached hydrogens (tertiary/aromatic N) is 2. The molecule has 1 rings (SSSR count). The highest BCUT2D eigenvalue weighted by molar-refractivity contribution is 5.48. The Bertz CT molecular complexity index is 142. The molecule has 1 fully saturated rings. The number of carbonyl (C=O) groups excluding carboxylic acids is 1. The van der Waals surface area contributed by atoms with Crippen LogP contribution in [0.4, 0.5) is 0 Å². The number of hydrogen-bond donors (Lipinski definition) is 0. The third-order valence-corrected chi connectivity index (χ3v) is 2.71. The van der Waals surface area contributed by atoms with Crippen molar-refractivity contribution in [1.29, 1.82) is 0 Å². The van der Waals surface area contributed by atoms with E-state index >= 15 is 0 Å². The van der Waals surface area contributed by atoms with E-state index in [4.69, 9.17) is 0 Å². The van der Waals surface area contributed by atoms with Gasteiger partial charge in [0.2, 0.25) is 0 Å². The molecule has 0 N–H and O–H groups in total. The summed E-state index contributed by atoms with van der Waals surface area (Å²) in [6.45, 7) is 9.20. The van der Waals surface area contributed by atoms with Gasteiger partial charge >= 0.3 is 0 Å². The first-order chi connectivity index (χ1) is 6.36. The van der Waals surface area contributed by atoms with Gasteiger partial charge in [0.05, 0.1) is 0 Å². The minimum absolute atomic E-state index is 0.716. The molecule has 13 heavy (non-hydrogen) atoms. The van der Waals surface area contributed by atoms with Gasteiger partial charge in [0.25, 0.3) is 0 Å². The summed E-state index contributed by atoms with van der Waals surface area (Å²) >= 11 is 0. The summed E-state index contributed by atoms with van der Waals surface area (Å²) in [6, 6.07) is 0. The molecule has 1 aliphatic rings. The molecule has 0 atom stereocenters. The minimum atomic E-state index is 0.716. The molecule has 1 aliphatic heterocycles. The van der Waals surface area contributed by atoms with Crippen LogP contribution in [0.25, 0.3) is 0 Å². The number of aldehydes is 1. The molecule has 1 heterocycles. The van der Waals surface area contributed by atoms with Crippen molar-refractivity contribution in [2.24, 2.45) is 0 Å². The van der Waals surface area contributed by atoms with E-state index in [-0.39, 0.29) is 0 Å². The smallest absolute Gasteiger partial charge is 0.120 e. The molecule has 0 bridgehead atoms. The average molecular weight is 184 g/mol. The highest BCUT2D eigenvalue weighted by Gasteiger charge is 2.14. The maximum absolute atomic E-state index is 10.1. The highest BCUT2D eigenvalue weighted by atomic mass is 16.1. The number of likely N-dealkylation sites (N-methyl/N-ethyl adjacent to an activating group) is 1. The van der Waals surface area contributed by atoms with Gasteiger partial charge in [0.15, 0.2) is 0 Å². The summed E-state index contributed by atoms with van der Waals surface area (Å²) < 4.78 is 0. The summed E-state index contributed by atoms with van der Waals surface area (Å²) in [4.78, 5) is 15.0. The largest absolute Gasteiger partial charge is 0.303 e. The second kappa shape index (κ2) is 6.11. The van der Waals surface area contributed by atoms with Crippen molar-refractivity contribution in [3.05, 3.63) is 0 Å². The van der Waals surface area contributed by atoms with Crippen LogP contribution in [0.1, 0.15) is 19.8 Å². The Balaban J connectivity index is 2.06. The number of hydrogen-bond acceptors (Lipinski definition) is 3. The Morgan fingerprint density at radius 3 is 2.31 bits per heavy atom. The van der Waals surface area contributed by atoms with Gasteiger partial charge in [-0.25, -0.2) is 0 Å². The van der Waals surface area contributed by atoms with E-state index in [1.165, 1.54) is 32.7 Å². The first-order valence-corrected chi connectivity index (χ1v) is 5.25. The molecular formula is C10H20N2O. The fraction of sp³-hybridized carbons (Fsp3) is 0.900. The quantitative estimate of drug-likeness (QED) is 0.462. The predicted molar refractivity (Wildman–Crippen MR) is 53.9 cm³/mol. The van der Waals surface area contributed by atoms with Gasteiger partial charge < -0.3 is 14.6 Å². The predicted octanol–water partition coefficient (Wildman–Crippen LogP) is 0.603. The van der Waals surface area contributed by atoms with Crippen LogP contribution in [-0.4, -0.2) is 55.4 Å². The van der Waals surface area contributed by atoms with Crippen molar-refractivity contribution in [2.45, 2.75) is 19.8 Å². The topological polar surface area (TPSA) is 23.6 Å². The average Bonchev–Trinajstić information content (AvgIpc) is 2.19. The molecule has 0 amide bonds. The summed E-state index contributed by atoms with van der Waals surface area (Å²) in [5, 5.41) is 0. The van der Waals surface area contributed by atoms with Crippen molar-refractivity contribution in [1.82, 2.24) is 9.80 Å². The monoisotopic (exact) mass is 184 g/mol. The van der Waals surface area contributed by atoms with Gasteiger partial charge in [-0.3, -0.25) is 0 Å². The molecule has 0 spiro atoms. The lowest BCUT2D eigenvalue weighted by atomic mass is 10.2. The zero-order valence-electron chi connectivity index (χ0n) is 8.54. The van der Waals surface area contributed by atoms with Crippen LogP contribution in [0.3, 0.4) is 0 Å². The number of piperazine rings is 1. The molecule has 3 nitrogen and oxygen atoms in total. The van der Waals surface area contributed by atoms with E-state index in [2.05, 4.69) is 16.7 Å². The lowest BCUT2D eigenvalue weighted by Crippen LogP contribution is -2.46. The normalized spacial score (nSPS) is 20.4. The lowest BCUT2D eigenvalue weighted by molar-refractivity contribution is -0.108. The summed E-state index contributed by atoms with van der Waals surface area (Å²) in [5.41, 5.74) is 0. The first kappa shape index (κ1) is 10.7. The fourth-order valence-corrected chi connectivity index (χ4v) is 1.73. The maximum atomic E-state index is 10.1. The molecule has 0 unspecified atom stereocenters. The summed E-state index contributed by atoms with van der Waals surface area (Å²) in [5.74, 6) is 0. The Labute approximate surface area is 80.7 Å². The van der Waals surface area contributed by atoms with Crippen LogP contribution >= 0.6 is 0 Å². The standard InChI is InChI=1S/C10H20N2O/c1-2-11-6-8-12(9-7-11)5-3-4-10-13/h10H,2-9H2,1H3. The van der Waals surface area contributed by atoms with E-state index in [9.17, 15) is 4.79 Å². The first-order valence-electron chi connectivity index (χ1n) is 5.25. The van der Waals surface area contributed by atoms with E-state index in [0.717, 1.165) is 19.3 Å². The fourth-order valence-electron chi connectivity index (χ4n) is 1.73. The zero-order chi connectivity index (χ0) is 9.52. The number of rotatable bonds is 5. The third-order valence-electron chi connectivity index (χ3n) is 2.71. The van der Waals surface area contributed by atoms with Crippen LogP contribution in [0, 0.1) is 0 Å². The lowest BCUT2D eigenvalue weighted by Gasteiger charge is -2.33. The Hall–Kier alpha value is -0.410. The number of carbonyl (C=O) groups is 1. The second-order valence-electron chi connectivity index (χ2n) is 3.58. The molecule has 0 saturated carbocycles. The van der Waals surface area contributed by atoms with Crippen LogP contribution < -0.4 is 0 Å². The van der Waals surface area contributed by atoms with Crippen molar-refractivity contribution in [3.63, 3.8) is 0 Å². The highest BCUT2D eigenvalue weighted by Crippen LogP contribution is 2.02. The van der Waals surface area contributed by atoms with Gasteiger partial charge in [-0.1, -0.05) is 6.92 Å². The maximum Gasteiger partial charge on any atom is 0.120 e. The van der Waals surface area contributed by atoms with Gasteiger partial charge in [0.1, 0.15) is 6.29 Å². The minimum Gasteiger partial charge on any atom is -0.303 e. The van der Waals surface area contributed by atoms with Gasteiger partial charge in [-0.2, -0.15) is 0 Å². The van der Waals surface area contributed by atoms with Gasteiger partial charge in [-0.15, -0.1) is 0 Å². The molecular weight excluding hydrogens is 164 g/mol. The van der Waals surface area contributed by atoms with Crippen molar-refractivity contribution in [2.75, 3.05) is 39.3 Å². The second-order valence-corrected chi connectivity index (χ2v) is 3.58. The SMILES string of the molecule is CCN1CCN(CCCC=O)CC1. The van der Waals surface area contributed by atoms with Crippen molar-refractivity contribution < 1.29 is 4.79 Å². The molecule has 0 aliphatic carbocycles. The van der Waals surface area contributed by atoms with E-state index in [1.54, 1.807) is 0 Å². The molecule has 0 aromatic rings. The molecule has 0 aromatic heterocycles. The Kier molecular flexibility index (Phi) is 5.01. The third kappa shape index (κ3) is 3.87. The van der Waals surface area contributed by atoms with Gasteiger partial charge in [-0.05, 0) is 19.5 Å². The Morgan fingerprint density at radius 2 is 1.77 bits per heavy atom.